The number of hydrogen-bond donors (Lipinski definition) is 2. The van der Waals surface area contributed by atoms with E-state index in [2.05, 4.69) is 20.6 Å². The van der Waals surface area contributed by atoms with Gasteiger partial charge in [-0.05, 0) is 61.4 Å². The van der Waals surface area contributed by atoms with Gasteiger partial charge in [0.05, 0.1) is 6.54 Å². The number of nitrogens with zero attached hydrogens (tertiary/aromatic N) is 2. The highest BCUT2D eigenvalue weighted by molar-refractivity contribution is 6.31. The standard InChI is InChI=1S/C22H21ClN4O/c1-15-4-3-5-18(12-15)21(28)27-22(25-14-17-8-10-24-11-9-17)26-20-13-19(23)7-6-16(20)2/h3-13H,14H2,1-2H3,(H2,25,26,27,28). The summed E-state index contributed by atoms with van der Waals surface area (Å²) in [6.45, 7) is 4.31. The topological polar surface area (TPSA) is 66.4 Å². The van der Waals surface area contributed by atoms with Crippen LogP contribution in [0.15, 0.2) is 72.0 Å². The Morgan fingerprint density at radius 3 is 2.61 bits per heavy atom. The molecule has 28 heavy (non-hydrogen) atoms. The van der Waals surface area contributed by atoms with Crippen molar-refractivity contribution in [1.82, 2.24) is 10.3 Å². The molecule has 0 fully saturated rings. The predicted molar refractivity (Wildman–Crippen MR) is 114 cm³/mol. The van der Waals surface area contributed by atoms with Gasteiger partial charge in [-0.25, -0.2) is 4.99 Å². The molecule has 0 spiro atoms. The van der Waals surface area contributed by atoms with Crippen molar-refractivity contribution in [2.24, 2.45) is 4.99 Å². The van der Waals surface area contributed by atoms with E-state index in [1.807, 2.05) is 56.3 Å². The Morgan fingerprint density at radius 2 is 1.86 bits per heavy atom. The van der Waals surface area contributed by atoms with Gasteiger partial charge in [0, 0.05) is 28.7 Å². The van der Waals surface area contributed by atoms with Gasteiger partial charge in [-0.2, -0.15) is 0 Å². The van der Waals surface area contributed by atoms with Gasteiger partial charge in [0.2, 0.25) is 5.96 Å². The summed E-state index contributed by atoms with van der Waals surface area (Å²) < 4.78 is 0. The molecule has 3 rings (SSSR count). The SMILES string of the molecule is Cc1cccc(C(=O)NC(=NCc2ccncc2)Nc2cc(Cl)ccc2C)c1. The molecule has 2 N–H and O–H groups in total. The molecule has 0 saturated heterocycles. The van der Waals surface area contributed by atoms with Crippen molar-refractivity contribution >= 4 is 29.2 Å². The van der Waals surface area contributed by atoms with E-state index in [4.69, 9.17) is 11.6 Å². The first-order chi connectivity index (χ1) is 13.5. The normalized spacial score (nSPS) is 11.2. The number of guanidine groups is 1. The minimum atomic E-state index is -0.232. The van der Waals surface area contributed by atoms with Crippen LogP contribution in [0.2, 0.25) is 5.02 Å². The van der Waals surface area contributed by atoms with Crippen molar-refractivity contribution in [3.63, 3.8) is 0 Å². The highest BCUT2D eigenvalue weighted by Gasteiger charge is 2.11. The maximum absolute atomic E-state index is 12.7. The average Bonchev–Trinajstić information content (AvgIpc) is 2.69. The van der Waals surface area contributed by atoms with Crippen molar-refractivity contribution in [3.05, 3.63) is 94.3 Å². The van der Waals surface area contributed by atoms with E-state index in [1.165, 1.54) is 0 Å². The molecule has 5 nitrogen and oxygen atoms in total. The summed E-state index contributed by atoms with van der Waals surface area (Å²) in [7, 11) is 0. The lowest BCUT2D eigenvalue weighted by Crippen LogP contribution is -2.36. The molecule has 0 aliphatic heterocycles. The van der Waals surface area contributed by atoms with Crippen LogP contribution in [-0.2, 0) is 6.54 Å². The number of halogens is 1. The van der Waals surface area contributed by atoms with Crippen LogP contribution in [0.4, 0.5) is 5.69 Å². The van der Waals surface area contributed by atoms with E-state index in [0.29, 0.717) is 23.1 Å². The maximum atomic E-state index is 12.7. The number of hydrogen-bond acceptors (Lipinski definition) is 3. The molecule has 0 atom stereocenters. The number of aliphatic imine (C=N–C) groups is 1. The fourth-order valence-electron chi connectivity index (χ4n) is 2.59. The Balaban J connectivity index is 1.85. The van der Waals surface area contributed by atoms with E-state index < -0.39 is 0 Å². The highest BCUT2D eigenvalue weighted by atomic mass is 35.5. The lowest BCUT2D eigenvalue weighted by Gasteiger charge is -2.14. The summed E-state index contributed by atoms with van der Waals surface area (Å²) >= 11 is 6.12. The number of carbonyl (C=O) groups is 1. The zero-order valence-electron chi connectivity index (χ0n) is 15.7. The third-order valence-corrected chi connectivity index (χ3v) is 4.37. The highest BCUT2D eigenvalue weighted by Crippen LogP contribution is 2.20. The van der Waals surface area contributed by atoms with Crippen molar-refractivity contribution < 1.29 is 4.79 Å². The zero-order chi connectivity index (χ0) is 19.9. The Bertz CT molecular complexity index is 1000. The van der Waals surface area contributed by atoms with Crippen LogP contribution >= 0.6 is 11.6 Å². The molecule has 0 bridgehead atoms. The number of carbonyl (C=O) groups excluding carboxylic acids is 1. The molecule has 0 aliphatic carbocycles. The van der Waals surface area contributed by atoms with Crippen LogP contribution in [0, 0.1) is 13.8 Å². The molecule has 1 amide bonds. The van der Waals surface area contributed by atoms with Gasteiger partial charge in [0.1, 0.15) is 0 Å². The van der Waals surface area contributed by atoms with E-state index in [9.17, 15) is 4.79 Å². The number of anilines is 1. The lowest BCUT2D eigenvalue weighted by atomic mass is 10.1. The van der Waals surface area contributed by atoms with Crippen molar-refractivity contribution in [2.75, 3.05) is 5.32 Å². The summed E-state index contributed by atoms with van der Waals surface area (Å²) in [5, 5.41) is 6.66. The molecule has 0 saturated carbocycles. The first kappa shape index (κ1) is 19.6. The molecule has 1 heterocycles. The molecule has 2 aromatic carbocycles. The molecule has 6 heteroatoms. The van der Waals surface area contributed by atoms with Crippen LogP contribution in [-0.4, -0.2) is 16.9 Å². The fourth-order valence-corrected chi connectivity index (χ4v) is 2.76. The first-order valence-corrected chi connectivity index (χ1v) is 9.23. The second-order valence-electron chi connectivity index (χ2n) is 6.43. The summed E-state index contributed by atoms with van der Waals surface area (Å²) in [5.74, 6) is 0.123. The summed E-state index contributed by atoms with van der Waals surface area (Å²) in [5.41, 5.74) is 4.35. The number of amides is 1. The van der Waals surface area contributed by atoms with Crippen LogP contribution in [0.25, 0.3) is 0 Å². The van der Waals surface area contributed by atoms with Crippen molar-refractivity contribution in [3.8, 4) is 0 Å². The molecule has 0 unspecified atom stereocenters. The fraction of sp³-hybridized carbons (Fsp3) is 0.136. The van der Waals surface area contributed by atoms with Crippen LogP contribution in [0.1, 0.15) is 27.0 Å². The largest absolute Gasteiger partial charge is 0.326 e. The van der Waals surface area contributed by atoms with Crippen LogP contribution in [0.5, 0.6) is 0 Å². The Labute approximate surface area is 169 Å². The predicted octanol–water partition coefficient (Wildman–Crippen LogP) is 4.75. The van der Waals surface area contributed by atoms with Gasteiger partial charge < -0.3 is 5.32 Å². The number of aryl methyl sites for hydroxylation is 2. The Hall–Kier alpha value is -3.18. The molecule has 0 radical (unpaired) electrons. The lowest BCUT2D eigenvalue weighted by molar-refractivity contribution is 0.0977. The van der Waals surface area contributed by atoms with Gasteiger partial charge in [-0.3, -0.25) is 15.1 Å². The zero-order valence-corrected chi connectivity index (χ0v) is 16.5. The minimum absolute atomic E-state index is 0.232. The first-order valence-electron chi connectivity index (χ1n) is 8.86. The Morgan fingerprint density at radius 1 is 1.07 bits per heavy atom. The van der Waals surface area contributed by atoms with E-state index in [1.54, 1.807) is 24.5 Å². The Kier molecular flexibility index (Phi) is 6.40. The van der Waals surface area contributed by atoms with Crippen LogP contribution < -0.4 is 10.6 Å². The summed E-state index contributed by atoms with van der Waals surface area (Å²) in [6.07, 6.45) is 3.43. The average molecular weight is 393 g/mol. The van der Waals surface area contributed by atoms with Gasteiger partial charge >= 0.3 is 0 Å². The third kappa shape index (κ3) is 5.41. The van der Waals surface area contributed by atoms with Gasteiger partial charge in [-0.15, -0.1) is 0 Å². The van der Waals surface area contributed by atoms with E-state index >= 15 is 0 Å². The van der Waals surface area contributed by atoms with Gasteiger partial charge in [0.25, 0.3) is 5.91 Å². The number of pyridine rings is 1. The summed E-state index contributed by atoms with van der Waals surface area (Å²) in [4.78, 5) is 21.3. The second-order valence-corrected chi connectivity index (χ2v) is 6.86. The number of benzene rings is 2. The minimum Gasteiger partial charge on any atom is -0.326 e. The van der Waals surface area contributed by atoms with Crippen molar-refractivity contribution in [2.45, 2.75) is 20.4 Å². The monoisotopic (exact) mass is 392 g/mol. The molecule has 0 aliphatic rings. The molecular formula is C22H21ClN4O. The smallest absolute Gasteiger partial charge is 0.257 e. The van der Waals surface area contributed by atoms with Crippen LogP contribution in [0.3, 0.4) is 0 Å². The third-order valence-electron chi connectivity index (χ3n) is 4.13. The van der Waals surface area contributed by atoms with E-state index in [-0.39, 0.29) is 5.91 Å². The van der Waals surface area contributed by atoms with Gasteiger partial charge in [-0.1, -0.05) is 35.4 Å². The molecule has 142 valence electrons. The second kappa shape index (κ2) is 9.15. The number of rotatable bonds is 4. The quantitative estimate of drug-likeness (QED) is 0.497. The number of nitrogens with one attached hydrogen (secondary N) is 2. The number of aromatic nitrogens is 1. The molecular weight excluding hydrogens is 372 g/mol. The van der Waals surface area contributed by atoms with Crippen molar-refractivity contribution in [1.29, 1.82) is 0 Å². The summed E-state index contributed by atoms with van der Waals surface area (Å²) in [6, 6.07) is 16.7. The maximum Gasteiger partial charge on any atom is 0.257 e. The van der Waals surface area contributed by atoms with E-state index in [0.717, 1.165) is 22.4 Å². The van der Waals surface area contributed by atoms with Gasteiger partial charge in [0.15, 0.2) is 0 Å². The molecule has 3 aromatic rings. The molecule has 1 aromatic heterocycles.